The molecule has 3 heterocycles. The van der Waals surface area contributed by atoms with Gasteiger partial charge in [0.15, 0.2) is 0 Å². The number of nitrogens with one attached hydrogen (secondary N) is 1. The summed E-state index contributed by atoms with van der Waals surface area (Å²) in [6, 6.07) is 7.80. The van der Waals surface area contributed by atoms with Gasteiger partial charge in [-0.3, -0.25) is 14.6 Å². The number of hydrogen-bond donors (Lipinski definition) is 1. The van der Waals surface area contributed by atoms with Crippen LogP contribution >= 0.6 is 0 Å². The molecule has 0 bridgehead atoms. The molecule has 1 amide bonds. The highest BCUT2D eigenvalue weighted by atomic mass is 16.2. The third kappa shape index (κ3) is 3.57. The lowest BCUT2D eigenvalue weighted by Crippen LogP contribution is -2.42. The molecule has 1 N–H and O–H groups in total. The smallest absolute Gasteiger partial charge is 0.261 e. The molecule has 0 unspecified atom stereocenters. The van der Waals surface area contributed by atoms with E-state index in [1.54, 1.807) is 0 Å². The van der Waals surface area contributed by atoms with E-state index in [0.29, 0.717) is 18.0 Å². The molecule has 1 aliphatic carbocycles. The molecular formula is C21H25N3O2. The van der Waals surface area contributed by atoms with Crippen LogP contribution in [0, 0.1) is 5.92 Å². The van der Waals surface area contributed by atoms with Gasteiger partial charge in [-0.25, -0.2) is 0 Å². The maximum Gasteiger partial charge on any atom is 0.261 e. The van der Waals surface area contributed by atoms with E-state index in [1.807, 2.05) is 35.4 Å². The number of likely N-dealkylation sites (tertiary alicyclic amines) is 1. The maximum atomic E-state index is 13.0. The lowest BCUT2D eigenvalue weighted by molar-refractivity contribution is 0.0670. The molecule has 1 saturated heterocycles. The van der Waals surface area contributed by atoms with Crippen molar-refractivity contribution in [3.63, 3.8) is 0 Å². The second-order valence-electron chi connectivity index (χ2n) is 7.51. The molecule has 0 spiro atoms. The quantitative estimate of drug-likeness (QED) is 0.925. The summed E-state index contributed by atoms with van der Waals surface area (Å²) in [5.41, 5.74) is 3.30. The van der Waals surface area contributed by atoms with Gasteiger partial charge in [0.25, 0.3) is 11.5 Å². The Morgan fingerprint density at radius 2 is 2.12 bits per heavy atom. The SMILES string of the molecule is O=C(c1cc2c([nH]c1=O)CCCC2)N1CCC[C@@H](Cc2ccccn2)C1. The Morgan fingerprint density at radius 1 is 1.23 bits per heavy atom. The van der Waals surface area contributed by atoms with Gasteiger partial charge in [0.1, 0.15) is 5.56 Å². The molecule has 136 valence electrons. The molecule has 0 aromatic carbocycles. The first-order chi connectivity index (χ1) is 12.7. The number of pyridine rings is 2. The summed E-state index contributed by atoms with van der Waals surface area (Å²) >= 11 is 0. The van der Waals surface area contributed by atoms with E-state index < -0.39 is 0 Å². The summed E-state index contributed by atoms with van der Waals surface area (Å²) in [5.74, 6) is 0.282. The first-order valence-corrected chi connectivity index (χ1v) is 9.65. The number of carbonyl (C=O) groups is 1. The molecule has 2 aromatic heterocycles. The van der Waals surface area contributed by atoms with E-state index in [0.717, 1.165) is 68.4 Å². The zero-order valence-corrected chi connectivity index (χ0v) is 15.0. The van der Waals surface area contributed by atoms with Crippen LogP contribution in [0.5, 0.6) is 0 Å². The first kappa shape index (κ1) is 17.0. The van der Waals surface area contributed by atoms with E-state index in [-0.39, 0.29) is 11.5 Å². The van der Waals surface area contributed by atoms with Crippen molar-refractivity contribution in [3.8, 4) is 0 Å². The van der Waals surface area contributed by atoms with Crippen molar-refractivity contribution in [1.82, 2.24) is 14.9 Å². The maximum absolute atomic E-state index is 13.0. The molecule has 1 atom stereocenters. The lowest BCUT2D eigenvalue weighted by atomic mass is 9.92. The third-order valence-electron chi connectivity index (χ3n) is 5.60. The van der Waals surface area contributed by atoms with Crippen LogP contribution in [0.4, 0.5) is 0 Å². The van der Waals surface area contributed by atoms with Crippen molar-refractivity contribution in [2.24, 2.45) is 5.92 Å². The van der Waals surface area contributed by atoms with E-state index in [4.69, 9.17) is 0 Å². The Hall–Kier alpha value is -2.43. The largest absolute Gasteiger partial charge is 0.338 e. The topological polar surface area (TPSA) is 66.1 Å². The van der Waals surface area contributed by atoms with Crippen LogP contribution in [-0.2, 0) is 19.3 Å². The Kier molecular flexibility index (Phi) is 4.87. The summed E-state index contributed by atoms with van der Waals surface area (Å²) < 4.78 is 0. The Bertz CT molecular complexity index is 844. The summed E-state index contributed by atoms with van der Waals surface area (Å²) in [6.07, 6.45) is 8.87. The fraction of sp³-hybridized carbons (Fsp3) is 0.476. The normalized spacial score (nSPS) is 19.8. The fourth-order valence-electron chi connectivity index (χ4n) is 4.23. The number of aryl methyl sites for hydroxylation is 2. The van der Waals surface area contributed by atoms with Gasteiger partial charge in [0, 0.05) is 30.7 Å². The second kappa shape index (κ2) is 7.44. The number of aromatic nitrogens is 2. The third-order valence-corrected chi connectivity index (χ3v) is 5.60. The minimum absolute atomic E-state index is 0.120. The van der Waals surface area contributed by atoms with Crippen molar-refractivity contribution < 1.29 is 4.79 Å². The number of carbonyl (C=O) groups excluding carboxylic acids is 1. The van der Waals surface area contributed by atoms with Crippen molar-refractivity contribution in [2.45, 2.75) is 44.9 Å². The number of nitrogens with zero attached hydrogens (tertiary/aromatic N) is 2. The highest BCUT2D eigenvalue weighted by Crippen LogP contribution is 2.23. The van der Waals surface area contributed by atoms with Gasteiger partial charge in [-0.05, 0) is 74.6 Å². The highest BCUT2D eigenvalue weighted by Gasteiger charge is 2.27. The Morgan fingerprint density at radius 3 is 2.96 bits per heavy atom. The van der Waals surface area contributed by atoms with Crippen LogP contribution in [0.15, 0.2) is 35.3 Å². The van der Waals surface area contributed by atoms with Crippen molar-refractivity contribution >= 4 is 5.91 Å². The molecule has 2 aromatic rings. The van der Waals surface area contributed by atoms with Crippen LogP contribution in [0.3, 0.4) is 0 Å². The average molecular weight is 351 g/mol. The molecule has 26 heavy (non-hydrogen) atoms. The molecule has 5 nitrogen and oxygen atoms in total. The van der Waals surface area contributed by atoms with Gasteiger partial charge in [-0.1, -0.05) is 6.07 Å². The number of fused-ring (bicyclic) bond motifs is 1. The van der Waals surface area contributed by atoms with E-state index in [1.165, 1.54) is 0 Å². The minimum atomic E-state index is -0.234. The number of H-pyrrole nitrogens is 1. The molecular weight excluding hydrogens is 326 g/mol. The number of hydrogen-bond acceptors (Lipinski definition) is 3. The van der Waals surface area contributed by atoms with Gasteiger partial charge >= 0.3 is 0 Å². The molecule has 5 heteroatoms. The fourth-order valence-corrected chi connectivity index (χ4v) is 4.23. The molecule has 0 radical (unpaired) electrons. The van der Waals surface area contributed by atoms with E-state index in [2.05, 4.69) is 9.97 Å². The standard InChI is InChI=1S/C21H25N3O2/c25-20-18(13-16-7-1-2-9-19(16)23-20)21(26)24-11-5-6-15(14-24)12-17-8-3-4-10-22-17/h3-4,8,10,13,15H,1-2,5-7,9,11-12,14H2,(H,23,25)/t15-/m0/s1. The summed E-state index contributed by atoms with van der Waals surface area (Å²) in [4.78, 5) is 34.6. The first-order valence-electron chi connectivity index (χ1n) is 9.65. The second-order valence-corrected chi connectivity index (χ2v) is 7.51. The summed E-state index contributed by atoms with van der Waals surface area (Å²) in [5, 5.41) is 0. The predicted octanol–water partition coefficient (Wildman–Crippen LogP) is 2.74. The molecule has 2 aliphatic rings. The number of piperidine rings is 1. The molecule has 1 aliphatic heterocycles. The van der Waals surface area contributed by atoms with Crippen LogP contribution < -0.4 is 5.56 Å². The van der Waals surface area contributed by atoms with Crippen molar-refractivity contribution in [1.29, 1.82) is 0 Å². The Balaban J connectivity index is 1.50. The van der Waals surface area contributed by atoms with Gasteiger partial charge in [-0.15, -0.1) is 0 Å². The summed E-state index contributed by atoms with van der Waals surface area (Å²) in [7, 11) is 0. The van der Waals surface area contributed by atoms with Gasteiger partial charge < -0.3 is 9.88 Å². The molecule has 1 fully saturated rings. The average Bonchev–Trinajstić information content (AvgIpc) is 2.68. The zero-order valence-electron chi connectivity index (χ0n) is 15.0. The predicted molar refractivity (Wildman–Crippen MR) is 100 cm³/mol. The van der Waals surface area contributed by atoms with Crippen molar-refractivity contribution in [3.05, 3.63) is 63.3 Å². The monoisotopic (exact) mass is 351 g/mol. The van der Waals surface area contributed by atoms with Gasteiger partial charge in [0.05, 0.1) is 0 Å². The number of rotatable bonds is 3. The van der Waals surface area contributed by atoms with E-state index in [9.17, 15) is 9.59 Å². The molecule has 4 rings (SSSR count). The minimum Gasteiger partial charge on any atom is -0.338 e. The van der Waals surface area contributed by atoms with Crippen LogP contribution in [0.25, 0.3) is 0 Å². The van der Waals surface area contributed by atoms with Gasteiger partial charge in [-0.2, -0.15) is 0 Å². The number of aromatic amines is 1. The van der Waals surface area contributed by atoms with Crippen LogP contribution in [-0.4, -0.2) is 33.9 Å². The lowest BCUT2D eigenvalue weighted by Gasteiger charge is -2.32. The van der Waals surface area contributed by atoms with E-state index >= 15 is 0 Å². The molecule has 0 saturated carbocycles. The van der Waals surface area contributed by atoms with Crippen LogP contribution in [0.1, 0.15) is 53.0 Å². The van der Waals surface area contributed by atoms with Gasteiger partial charge in [0.2, 0.25) is 0 Å². The van der Waals surface area contributed by atoms with Crippen molar-refractivity contribution in [2.75, 3.05) is 13.1 Å². The zero-order chi connectivity index (χ0) is 17.9. The Labute approximate surface area is 153 Å². The number of amides is 1. The van der Waals surface area contributed by atoms with Crippen LogP contribution in [0.2, 0.25) is 0 Å². The summed E-state index contributed by atoms with van der Waals surface area (Å²) in [6.45, 7) is 1.43. The highest BCUT2D eigenvalue weighted by molar-refractivity contribution is 5.94.